The fraction of sp³-hybridized carbons (Fsp3) is 0.250. The third-order valence-corrected chi connectivity index (χ3v) is 4.06. The van der Waals surface area contributed by atoms with Gasteiger partial charge in [-0.2, -0.15) is 0 Å². The molecule has 0 aliphatic carbocycles. The Balaban J connectivity index is 1.89. The molecule has 1 amide bonds. The molecule has 1 N–H and O–H groups in total. The minimum atomic E-state index is -0.152. The normalized spacial score (nSPS) is 10.8. The van der Waals surface area contributed by atoms with Gasteiger partial charge < -0.3 is 14.8 Å². The highest BCUT2D eigenvalue weighted by molar-refractivity contribution is 9.10. The Labute approximate surface area is 157 Å². The maximum absolute atomic E-state index is 12.0. The first-order valence-electron chi connectivity index (χ1n) is 8.07. The highest BCUT2D eigenvalue weighted by atomic mass is 79.9. The van der Waals surface area contributed by atoms with E-state index in [-0.39, 0.29) is 5.91 Å². The van der Waals surface area contributed by atoms with E-state index in [1.165, 1.54) is 6.08 Å². The summed E-state index contributed by atoms with van der Waals surface area (Å²) in [6.45, 7) is 3.77. The molecule has 25 heavy (non-hydrogen) atoms. The van der Waals surface area contributed by atoms with Crippen LogP contribution < -0.4 is 10.1 Å². The zero-order valence-electron chi connectivity index (χ0n) is 14.4. The highest BCUT2D eigenvalue weighted by Gasteiger charge is 2.02. The van der Waals surface area contributed by atoms with Crippen LogP contribution in [-0.4, -0.2) is 19.6 Å². The summed E-state index contributed by atoms with van der Waals surface area (Å²) in [5.74, 6) is 0.567. The summed E-state index contributed by atoms with van der Waals surface area (Å²) in [5, 5.41) is 2.87. The first-order chi connectivity index (χ1) is 12.1. The highest BCUT2D eigenvalue weighted by Crippen LogP contribution is 2.24. The lowest BCUT2D eigenvalue weighted by Gasteiger charge is -2.06. The summed E-state index contributed by atoms with van der Waals surface area (Å²) in [6, 6.07) is 13.7. The summed E-state index contributed by atoms with van der Waals surface area (Å²) in [7, 11) is 1.61. The van der Waals surface area contributed by atoms with Gasteiger partial charge in [-0.3, -0.25) is 4.79 Å². The summed E-state index contributed by atoms with van der Waals surface area (Å²) in [4.78, 5) is 12.0. The molecular formula is C20H22BrNO3. The number of hydrogen-bond donors (Lipinski definition) is 1. The smallest absolute Gasteiger partial charge is 0.244 e. The van der Waals surface area contributed by atoms with Crippen molar-refractivity contribution in [1.82, 2.24) is 5.32 Å². The summed E-state index contributed by atoms with van der Waals surface area (Å²) in [5.41, 5.74) is 3.01. The van der Waals surface area contributed by atoms with Crippen molar-refractivity contribution in [2.75, 3.05) is 13.7 Å². The number of rotatable bonds is 8. The lowest BCUT2D eigenvalue weighted by atomic mass is 10.1. The van der Waals surface area contributed by atoms with Gasteiger partial charge in [0, 0.05) is 29.3 Å². The SMILES string of the molecule is CCOCc1ccc(CNC(=O)/C=C/c2cc(Br)ccc2OC)cc1. The van der Waals surface area contributed by atoms with Crippen molar-refractivity contribution in [2.45, 2.75) is 20.1 Å². The zero-order chi connectivity index (χ0) is 18.1. The van der Waals surface area contributed by atoms with Crippen LogP contribution in [-0.2, 0) is 22.7 Å². The third kappa shape index (κ3) is 6.36. The van der Waals surface area contributed by atoms with Gasteiger partial charge in [0.15, 0.2) is 0 Å². The van der Waals surface area contributed by atoms with Gasteiger partial charge in [0.1, 0.15) is 5.75 Å². The number of halogens is 1. The van der Waals surface area contributed by atoms with Crippen LogP contribution in [0.5, 0.6) is 5.75 Å². The Morgan fingerprint density at radius 2 is 1.88 bits per heavy atom. The van der Waals surface area contributed by atoms with E-state index < -0.39 is 0 Å². The Bertz CT molecular complexity index is 726. The van der Waals surface area contributed by atoms with Gasteiger partial charge in [-0.1, -0.05) is 40.2 Å². The predicted molar refractivity (Wildman–Crippen MR) is 103 cm³/mol. The molecule has 0 unspecified atom stereocenters. The third-order valence-electron chi connectivity index (χ3n) is 3.57. The second-order valence-corrected chi connectivity index (χ2v) is 6.31. The second kappa shape index (κ2) is 10.0. The largest absolute Gasteiger partial charge is 0.496 e. The molecule has 0 aliphatic rings. The standard InChI is InChI=1S/C20H22BrNO3/c1-3-25-14-16-6-4-15(5-7-16)13-22-20(23)11-8-17-12-18(21)9-10-19(17)24-2/h4-12H,3,13-14H2,1-2H3,(H,22,23)/b11-8+. The zero-order valence-corrected chi connectivity index (χ0v) is 16.0. The van der Waals surface area contributed by atoms with Crippen molar-refractivity contribution in [2.24, 2.45) is 0 Å². The van der Waals surface area contributed by atoms with E-state index in [0.717, 1.165) is 26.9 Å². The number of amides is 1. The second-order valence-electron chi connectivity index (χ2n) is 5.39. The molecule has 0 spiro atoms. The van der Waals surface area contributed by atoms with Gasteiger partial charge in [0.2, 0.25) is 5.91 Å². The van der Waals surface area contributed by atoms with Crippen molar-refractivity contribution in [1.29, 1.82) is 0 Å². The van der Waals surface area contributed by atoms with E-state index in [1.54, 1.807) is 13.2 Å². The summed E-state index contributed by atoms with van der Waals surface area (Å²) >= 11 is 3.42. The Hall–Kier alpha value is -2.11. The Kier molecular flexibility index (Phi) is 7.70. The topological polar surface area (TPSA) is 47.6 Å². The van der Waals surface area contributed by atoms with Crippen LogP contribution in [0.15, 0.2) is 53.0 Å². The predicted octanol–water partition coefficient (Wildman–Crippen LogP) is 4.32. The van der Waals surface area contributed by atoms with Crippen molar-refractivity contribution in [3.63, 3.8) is 0 Å². The molecular weight excluding hydrogens is 382 g/mol. The van der Waals surface area contributed by atoms with E-state index in [1.807, 2.05) is 49.4 Å². The van der Waals surface area contributed by atoms with Gasteiger partial charge in [-0.05, 0) is 42.3 Å². The van der Waals surface area contributed by atoms with Crippen molar-refractivity contribution in [3.05, 3.63) is 69.7 Å². The number of nitrogens with one attached hydrogen (secondary N) is 1. The van der Waals surface area contributed by atoms with Crippen molar-refractivity contribution < 1.29 is 14.3 Å². The number of carbonyl (C=O) groups is 1. The molecule has 0 bridgehead atoms. The van der Waals surface area contributed by atoms with E-state index >= 15 is 0 Å². The van der Waals surface area contributed by atoms with E-state index in [2.05, 4.69) is 21.2 Å². The number of benzene rings is 2. The molecule has 0 aromatic heterocycles. The number of carbonyl (C=O) groups excluding carboxylic acids is 1. The minimum Gasteiger partial charge on any atom is -0.496 e. The molecule has 2 aromatic carbocycles. The van der Waals surface area contributed by atoms with Crippen molar-refractivity contribution in [3.8, 4) is 5.75 Å². The van der Waals surface area contributed by atoms with Crippen LogP contribution in [0, 0.1) is 0 Å². The molecule has 0 heterocycles. The van der Waals surface area contributed by atoms with E-state index in [0.29, 0.717) is 19.8 Å². The van der Waals surface area contributed by atoms with Gasteiger partial charge in [0.05, 0.1) is 13.7 Å². The van der Waals surface area contributed by atoms with Crippen LogP contribution in [0.4, 0.5) is 0 Å². The molecule has 0 radical (unpaired) electrons. The molecule has 2 rings (SSSR count). The van der Waals surface area contributed by atoms with Crippen LogP contribution in [0.2, 0.25) is 0 Å². The lowest BCUT2D eigenvalue weighted by molar-refractivity contribution is -0.116. The van der Waals surface area contributed by atoms with Gasteiger partial charge >= 0.3 is 0 Å². The molecule has 2 aromatic rings. The fourth-order valence-electron chi connectivity index (χ4n) is 2.22. The summed E-state index contributed by atoms with van der Waals surface area (Å²) in [6.07, 6.45) is 3.25. The Morgan fingerprint density at radius 1 is 1.16 bits per heavy atom. The summed E-state index contributed by atoms with van der Waals surface area (Å²) < 4.78 is 11.6. The molecule has 0 fully saturated rings. The molecule has 0 saturated carbocycles. The maximum atomic E-state index is 12.0. The first-order valence-corrected chi connectivity index (χ1v) is 8.86. The number of ether oxygens (including phenoxy) is 2. The van der Waals surface area contributed by atoms with Crippen LogP contribution in [0.25, 0.3) is 6.08 Å². The van der Waals surface area contributed by atoms with Crippen LogP contribution in [0.1, 0.15) is 23.6 Å². The number of methoxy groups -OCH3 is 1. The average molecular weight is 404 g/mol. The molecule has 0 atom stereocenters. The number of hydrogen-bond acceptors (Lipinski definition) is 3. The van der Waals surface area contributed by atoms with Gasteiger partial charge in [0.25, 0.3) is 0 Å². The van der Waals surface area contributed by atoms with E-state index in [9.17, 15) is 4.79 Å². The van der Waals surface area contributed by atoms with Crippen LogP contribution >= 0.6 is 15.9 Å². The van der Waals surface area contributed by atoms with Crippen LogP contribution in [0.3, 0.4) is 0 Å². The monoisotopic (exact) mass is 403 g/mol. The average Bonchev–Trinajstić information content (AvgIpc) is 2.64. The van der Waals surface area contributed by atoms with Crippen molar-refractivity contribution >= 4 is 27.9 Å². The lowest BCUT2D eigenvalue weighted by Crippen LogP contribution is -2.20. The van der Waals surface area contributed by atoms with Gasteiger partial charge in [-0.15, -0.1) is 0 Å². The maximum Gasteiger partial charge on any atom is 0.244 e. The van der Waals surface area contributed by atoms with Gasteiger partial charge in [-0.25, -0.2) is 0 Å². The van der Waals surface area contributed by atoms with E-state index in [4.69, 9.17) is 9.47 Å². The molecule has 0 aliphatic heterocycles. The quantitative estimate of drug-likeness (QED) is 0.667. The minimum absolute atomic E-state index is 0.152. The fourth-order valence-corrected chi connectivity index (χ4v) is 2.60. The molecule has 4 nitrogen and oxygen atoms in total. The molecule has 0 saturated heterocycles. The Morgan fingerprint density at radius 3 is 2.56 bits per heavy atom. The molecule has 132 valence electrons. The molecule has 5 heteroatoms. The first kappa shape index (κ1) is 19.2.